The number of aryl methyl sites for hydroxylation is 1. The molecule has 0 spiro atoms. The van der Waals surface area contributed by atoms with Crippen molar-refractivity contribution in [3.63, 3.8) is 0 Å². The van der Waals surface area contributed by atoms with Crippen LogP contribution in [0.5, 0.6) is 0 Å². The third kappa shape index (κ3) is 3.48. The maximum Gasteiger partial charge on any atom is 0.433 e. The van der Waals surface area contributed by atoms with E-state index < -0.39 is 11.9 Å². The molecular formula is C11H15F3N2. The second-order valence-electron chi connectivity index (χ2n) is 3.56. The third-order valence-electron chi connectivity index (χ3n) is 2.27. The Morgan fingerprint density at radius 3 is 2.50 bits per heavy atom. The van der Waals surface area contributed by atoms with Crippen molar-refractivity contribution >= 4 is 0 Å². The zero-order chi connectivity index (χ0) is 12.2. The molecule has 1 N–H and O–H groups in total. The topological polar surface area (TPSA) is 24.9 Å². The summed E-state index contributed by atoms with van der Waals surface area (Å²) in [6.45, 7) is 2.45. The van der Waals surface area contributed by atoms with Gasteiger partial charge >= 0.3 is 6.18 Å². The molecule has 1 aromatic rings. The Kier molecular flexibility index (Phi) is 4.29. The van der Waals surface area contributed by atoms with Gasteiger partial charge in [-0.2, -0.15) is 13.2 Å². The van der Waals surface area contributed by atoms with Gasteiger partial charge in [0.1, 0.15) is 5.69 Å². The van der Waals surface area contributed by atoms with Crippen molar-refractivity contribution in [2.75, 3.05) is 13.6 Å². The molecule has 0 saturated heterocycles. The number of hydrogen-bond acceptors (Lipinski definition) is 2. The molecular weight excluding hydrogens is 217 g/mol. The molecule has 0 radical (unpaired) electrons. The molecule has 16 heavy (non-hydrogen) atoms. The summed E-state index contributed by atoms with van der Waals surface area (Å²) in [5.74, 6) is 0. The molecule has 0 aliphatic carbocycles. The van der Waals surface area contributed by atoms with Crippen LogP contribution in [0.1, 0.15) is 23.9 Å². The number of nitrogens with zero attached hydrogens (tertiary/aromatic N) is 1. The fourth-order valence-corrected chi connectivity index (χ4v) is 1.38. The summed E-state index contributed by atoms with van der Waals surface area (Å²) in [7, 11) is 1.76. The van der Waals surface area contributed by atoms with Crippen molar-refractivity contribution in [2.24, 2.45) is 0 Å². The number of halogens is 3. The Morgan fingerprint density at radius 1 is 1.31 bits per heavy atom. The maximum atomic E-state index is 12.5. The molecule has 0 saturated carbocycles. The van der Waals surface area contributed by atoms with Crippen LogP contribution < -0.4 is 5.32 Å². The highest BCUT2D eigenvalue weighted by Gasteiger charge is 2.32. The molecule has 0 unspecified atom stereocenters. The van der Waals surface area contributed by atoms with Crippen molar-refractivity contribution in [3.8, 4) is 0 Å². The van der Waals surface area contributed by atoms with Gasteiger partial charge in [0.2, 0.25) is 0 Å². The standard InChI is InChI=1S/C11H15F3N2/c1-3-8-6-9(4-5-15-2)16-10(7-8)11(12,13)14/h6-7,15H,3-5H2,1-2H3. The van der Waals surface area contributed by atoms with Crippen molar-refractivity contribution in [3.05, 3.63) is 29.1 Å². The molecule has 0 amide bonds. The minimum absolute atomic E-state index is 0.487. The van der Waals surface area contributed by atoms with Crippen LogP contribution in [0.4, 0.5) is 13.2 Å². The lowest BCUT2D eigenvalue weighted by Gasteiger charge is -2.10. The summed E-state index contributed by atoms with van der Waals surface area (Å²) in [6.07, 6.45) is -3.27. The largest absolute Gasteiger partial charge is 0.433 e. The molecule has 1 heterocycles. The molecule has 0 bridgehead atoms. The van der Waals surface area contributed by atoms with Crippen molar-refractivity contribution < 1.29 is 13.2 Å². The third-order valence-corrected chi connectivity index (χ3v) is 2.27. The van der Waals surface area contributed by atoms with Crippen LogP contribution in [-0.2, 0) is 19.0 Å². The van der Waals surface area contributed by atoms with Crippen LogP contribution in [0, 0.1) is 0 Å². The van der Waals surface area contributed by atoms with Crippen molar-refractivity contribution in [2.45, 2.75) is 25.9 Å². The van der Waals surface area contributed by atoms with Crippen LogP contribution in [-0.4, -0.2) is 18.6 Å². The first-order valence-corrected chi connectivity index (χ1v) is 5.19. The number of nitrogens with one attached hydrogen (secondary N) is 1. The zero-order valence-corrected chi connectivity index (χ0v) is 9.36. The van der Waals surface area contributed by atoms with Gasteiger partial charge < -0.3 is 5.32 Å². The molecule has 90 valence electrons. The lowest BCUT2D eigenvalue weighted by atomic mass is 10.1. The van der Waals surface area contributed by atoms with Crippen LogP contribution >= 0.6 is 0 Å². The Balaban J connectivity index is 3.01. The highest BCUT2D eigenvalue weighted by Crippen LogP contribution is 2.28. The van der Waals surface area contributed by atoms with Crippen LogP contribution in [0.15, 0.2) is 12.1 Å². The Bertz CT molecular complexity index is 348. The van der Waals surface area contributed by atoms with Gasteiger partial charge in [0.15, 0.2) is 0 Å². The smallest absolute Gasteiger partial charge is 0.319 e. The molecule has 1 rings (SSSR count). The van der Waals surface area contributed by atoms with Crippen molar-refractivity contribution in [1.82, 2.24) is 10.3 Å². The minimum Gasteiger partial charge on any atom is -0.319 e. The Morgan fingerprint density at radius 2 is 2.00 bits per heavy atom. The number of aromatic nitrogens is 1. The number of pyridine rings is 1. The quantitative estimate of drug-likeness (QED) is 0.862. The van der Waals surface area contributed by atoms with E-state index in [1.165, 1.54) is 0 Å². The van der Waals surface area contributed by atoms with E-state index in [2.05, 4.69) is 10.3 Å². The fourth-order valence-electron chi connectivity index (χ4n) is 1.38. The molecule has 0 fully saturated rings. The van der Waals surface area contributed by atoms with Crippen LogP contribution in [0.3, 0.4) is 0 Å². The summed E-state index contributed by atoms with van der Waals surface area (Å²) in [5, 5.41) is 2.89. The molecule has 0 aliphatic heterocycles. The van der Waals surface area contributed by atoms with E-state index in [9.17, 15) is 13.2 Å². The lowest BCUT2D eigenvalue weighted by molar-refractivity contribution is -0.141. The molecule has 5 heteroatoms. The summed E-state index contributed by atoms with van der Waals surface area (Å²) in [4.78, 5) is 3.63. The number of rotatable bonds is 4. The number of hydrogen-bond donors (Lipinski definition) is 1. The molecule has 0 aromatic carbocycles. The van der Waals surface area contributed by atoms with E-state index in [1.807, 2.05) is 6.92 Å². The average molecular weight is 232 g/mol. The van der Waals surface area contributed by atoms with E-state index in [0.29, 0.717) is 30.6 Å². The number of alkyl halides is 3. The zero-order valence-electron chi connectivity index (χ0n) is 9.36. The van der Waals surface area contributed by atoms with Crippen molar-refractivity contribution in [1.29, 1.82) is 0 Å². The SMILES string of the molecule is CCc1cc(CCNC)nc(C(F)(F)F)c1. The molecule has 0 atom stereocenters. The fraction of sp³-hybridized carbons (Fsp3) is 0.545. The summed E-state index contributed by atoms with van der Waals surface area (Å²) in [5.41, 5.74) is 0.368. The van der Waals surface area contributed by atoms with Gasteiger partial charge in [0.05, 0.1) is 0 Å². The van der Waals surface area contributed by atoms with Crippen LogP contribution in [0.25, 0.3) is 0 Å². The average Bonchev–Trinajstić information content (AvgIpc) is 2.24. The predicted octanol–water partition coefficient (Wildman–Crippen LogP) is 2.42. The maximum absolute atomic E-state index is 12.5. The second-order valence-corrected chi connectivity index (χ2v) is 3.56. The first kappa shape index (κ1) is 13.0. The Labute approximate surface area is 92.9 Å². The predicted molar refractivity (Wildman–Crippen MR) is 56.2 cm³/mol. The first-order chi connectivity index (χ1) is 7.47. The van der Waals surface area contributed by atoms with E-state index >= 15 is 0 Å². The Hall–Kier alpha value is -1.10. The van der Waals surface area contributed by atoms with Gasteiger partial charge in [0, 0.05) is 18.7 Å². The highest BCUT2D eigenvalue weighted by atomic mass is 19.4. The normalized spacial score (nSPS) is 11.8. The van der Waals surface area contributed by atoms with E-state index in [0.717, 1.165) is 6.07 Å². The minimum atomic E-state index is -4.36. The van der Waals surface area contributed by atoms with E-state index in [1.54, 1.807) is 13.1 Å². The first-order valence-electron chi connectivity index (χ1n) is 5.19. The number of likely N-dealkylation sites (N-methyl/N-ethyl adjacent to an activating group) is 1. The van der Waals surface area contributed by atoms with Gasteiger partial charge in [0.25, 0.3) is 0 Å². The summed E-state index contributed by atoms with van der Waals surface area (Å²) in [6, 6.07) is 2.84. The van der Waals surface area contributed by atoms with E-state index in [4.69, 9.17) is 0 Å². The monoisotopic (exact) mass is 232 g/mol. The van der Waals surface area contributed by atoms with E-state index in [-0.39, 0.29) is 0 Å². The summed E-state index contributed by atoms with van der Waals surface area (Å²) >= 11 is 0. The van der Waals surface area contributed by atoms with Gasteiger partial charge in [-0.1, -0.05) is 6.92 Å². The lowest BCUT2D eigenvalue weighted by Crippen LogP contribution is -2.14. The van der Waals surface area contributed by atoms with Gasteiger partial charge in [-0.15, -0.1) is 0 Å². The summed E-state index contributed by atoms with van der Waals surface area (Å²) < 4.78 is 37.6. The second kappa shape index (κ2) is 5.30. The van der Waals surface area contributed by atoms with Gasteiger partial charge in [-0.25, -0.2) is 4.98 Å². The van der Waals surface area contributed by atoms with Crippen LogP contribution in [0.2, 0.25) is 0 Å². The molecule has 2 nitrogen and oxygen atoms in total. The van der Waals surface area contributed by atoms with Gasteiger partial charge in [-0.05, 0) is 31.2 Å². The highest BCUT2D eigenvalue weighted by molar-refractivity contribution is 5.23. The molecule has 1 aromatic heterocycles. The molecule has 0 aliphatic rings. The van der Waals surface area contributed by atoms with Gasteiger partial charge in [-0.3, -0.25) is 0 Å².